The lowest BCUT2D eigenvalue weighted by Crippen LogP contribution is -2.26. The molecule has 0 aliphatic carbocycles. The van der Waals surface area contributed by atoms with Crippen molar-refractivity contribution < 1.29 is 14.3 Å². The molecule has 3 aromatic rings. The molecule has 34 heavy (non-hydrogen) atoms. The summed E-state index contributed by atoms with van der Waals surface area (Å²) in [5, 5.41) is 2.88. The lowest BCUT2D eigenvalue weighted by Gasteiger charge is -2.18. The van der Waals surface area contributed by atoms with E-state index in [9.17, 15) is 9.59 Å². The predicted molar refractivity (Wildman–Crippen MR) is 140 cm³/mol. The first-order valence-corrected chi connectivity index (χ1v) is 12.4. The SMILES string of the molecule is CCCCCCOc1ccc(C(=O)Nc2cccc(C(=O)N(C)Cc3ccccc3)c2)cc1Br. The molecule has 0 aromatic heterocycles. The summed E-state index contributed by atoms with van der Waals surface area (Å²) in [6.07, 6.45) is 4.56. The Labute approximate surface area is 210 Å². The van der Waals surface area contributed by atoms with Crippen molar-refractivity contribution in [3.8, 4) is 5.75 Å². The summed E-state index contributed by atoms with van der Waals surface area (Å²) in [7, 11) is 1.77. The number of unbranched alkanes of at least 4 members (excludes halogenated alkanes) is 3. The number of nitrogens with zero attached hydrogens (tertiary/aromatic N) is 1. The molecule has 0 saturated carbocycles. The molecule has 0 atom stereocenters. The second kappa shape index (κ2) is 12.9. The zero-order chi connectivity index (χ0) is 24.3. The fourth-order valence-electron chi connectivity index (χ4n) is 3.55. The molecule has 3 rings (SSSR count). The van der Waals surface area contributed by atoms with Gasteiger partial charge >= 0.3 is 0 Å². The number of benzene rings is 3. The molecule has 178 valence electrons. The Balaban J connectivity index is 1.60. The fraction of sp³-hybridized carbons (Fsp3) is 0.286. The molecule has 0 bridgehead atoms. The highest BCUT2D eigenvalue weighted by Gasteiger charge is 2.14. The van der Waals surface area contributed by atoms with Gasteiger partial charge in [-0.3, -0.25) is 9.59 Å². The van der Waals surface area contributed by atoms with E-state index in [0.29, 0.717) is 30.0 Å². The van der Waals surface area contributed by atoms with Gasteiger partial charge in [0.1, 0.15) is 5.75 Å². The number of carbonyl (C=O) groups excluding carboxylic acids is 2. The van der Waals surface area contributed by atoms with Gasteiger partial charge in [0, 0.05) is 30.4 Å². The van der Waals surface area contributed by atoms with Crippen LogP contribution >= 0.6 is 15.9 Å². The molecular formula is C28H31BrN2O3. The highest BCUT2D eigenvalue weighted by molar-refractivity contribution is 9.10. The minimum Gasteiger partial charge on any atom is -0.492 e. The average Bonchev–Trinajstić information content (AvgIpc) is 2.85. The lowest BCUT2D eigenvalue weighted by molar-refractivity contribution is 0.0784. The van der Waals surface area contributed by atoms with Crippen LogP contribution in [0.1, 0.15) is 58.9 Å². The standard InChI is InChI=1S/C28H31BrN2O3/c1-3-4-5-9-17-34-26-16-15-22(19-25(26)29)27(32)30-24-14-10-13-23(18-24)28(33)31(2)20-21-11-7-6-8-12-21/h6-8,10-16,18-19H,3-5,9,17,20H2,1-2H3,(H,30,32). The Morgan fingerprint density at radius 3 is 2.44 bits per heavy atom. The van der Waals surface area contributed by atoms with Crippen molar-refractivity contribution in [1.29, 1.82) is 0 Å². The number of hydrogen-bond acceptors (Lipinski definition) is 3. The van der Waals surface area contributed by atoms with Gasteiger partial charge in [-0.25, -0.2) is 0 Å². The minimum atomic E-state index is -0.252. The molecule has 0 unspecified atom stereocenters. The number of carbonyl (C=O) groups is 2. The van der Waals surface area contributed by atoms with Crippen LogP contribution in [0.2, 0.25) is 0 Å². The van der Waals surface area contributed by atoms with Gasteiger partial charge in [0.15, 0.2) is 0 Å². The molecule has 3 aromatic carbocycles. The third kappa shape index (κ3) is 7.45. The number of nitrogens with one attached hydrogen (secondary N) is 1. The Bertz CT molecular complexity index is 1100. The number of hydrogen-bond donors (Lipinski definition) is 1. The first kappa shape index (κ1) is 25.5. The van der Waals surface area contributed by atoms with Crippen LogP contribution in [0.25, 0.3) is 0 Å². The van der Waals surface area contributed by atoms with E-state index in [2.05, 4.69) is 28.2 Å². The van der Waals surface area contributed by atoms with Crippen LogP contribution in [0.5, 0.6) is 5.75 Å². The van der Waals surface area contributed by atoms with Gasteiger partial charge < -0.3 is 15.0 Å². The average molecular weight is 523 g/mol. The van der Waals surface area contributed by atoms with Crippen LogP contribution in [0, 0.1) is 0 Å². The molecule has 0 aliphatic heterocycles. The normalized spacial score (nSPS) is 10.6. The van der Waals surface area contributed by atoms with Crippen molar-refractivity contribution in [3.05, 3.63) is 94.0 Å². The van der Waals surface area contributed by atoms with Gasteiger partial charge in [-0.2, -0.15) is 0 Å². The van der Waals surface area contributed by atoms with Crippen molar-refractivity contribution in [1.82, 2.24) is 4.90 Å². The van der Waals surface area contributed by atoms with Gasteiger partial charge in [-0.15, -0.1) is 0 Å². The van der Waals surface area contributed by atoms with Gasteiger partial charge in [0.2, 0.25) is 0 Å². The molecule has 2 amide bonds. The quantitative estimate of drug-likeness (QED) is 0.277. The maximum absolute atomic E-state index is 12.9. The molecule has 0 saturated heterocycles. The van der Waals surface area contributed by atoms with Crippen LogP contribution in [-0.2, 0) is 6.54 Å². The van der Waals surface area contributed by atoms with Crippen molar-refractivity contribution in [2.75, 3.05) is 19.0 Å². The molecule has 0 fully saturated rings. The van der Waals surface area contributed by atoms with Gasteiger partial charge in [-0.05, 0) is 64.3 Å². The Morgan fingerprint density at radius 1 is 0.912 bits per heavy atom. The second-order valence-corrected chi connectivity index (χ2v) is 9.09. The van der Waals surface area contributed by atoms with Crippen molar-refractivity contribution in [3.63, 3.8) is 0 Å². The predicted octanol–water partition coefficient (Wildman–Crippen LogP) is 6.93. The monoisotopic (exact) mass is 522 g/mol. The zero-order valence-electron chi connectivity index (χ0n) is 19.7. The van der Waals surface area contributed by atoms with E-state index in [1.54, 1.807) is 54.4 Å². The van der Waals surface area contributed by atoms with E-state index in [0.717, 1.165) is 28.6 Å². The van der Waals surface area contributed by atoms with Crippen molar-refractivity contribution in [2.45, 2.75) is 39.2 Å². The summed E-state index contributed by atoms with van der Waals surface area (Å²) in [5.74, 6) is 0.364. The van der Waals surface area contributed by atoms with Gasteiger partial charge in [-0.1, -0.05) is 62.6 Å². The number of ether oxygens (including phenoxy) is 1. The van der Waals surface area contributed by atoms with E-state index < -0.39 is 0 Å². The molecule has 1 N–H and O–H groups in total. The molecule has 6 heteroatoms. The zero-order valence-corrected chi connectivity index (χ0v) is 21.3. The number of rotatable bonds is 11. The van der Waals surface area contributed by atoms with E-state index in [1.165, 1.54) is 12.8 Å². The third-order valence-electron chi connectivity index (χ3n) is 5.43. The van der Waals surface area contributed by atoms with Gasteiger partial charge in [0.25, 0.3) is 11.8 Å². The molecule has 0 spiro atoms. The topological polar surface area (TPSA) is 58.6 Å². The van der Waals surface area contributed by atoms with Crippen LogP contribution in [0.4, 0.5) is 5.69 Å². The second-order valence-electron chi connectivity index (χ2n) is 8.24. The van der Waals surface area contributed by atoms with Gasteiger partial charge in [0.05, 0.1) is 11.1 Å². The first-order chi connectivity index (χ1) is 16.5. The van der Waals surface area contributed by atoms with E-state index >= 15 is 0 Å². The minimum absolute atomic E-state index is 0.108. The Kier molecular flexibility index (Phi) is 9.71. The van der Waals surface area contributed by atoms with E-state index in [-0.39, 0.29) is 11.8 Å². The molecule has 0 aliphatic rings. The first-order valence-electron chi connectivity index (χ1n) is 11.6. The fourth-order valence-corrected chi connectivity index (χ4v) is 4.05. The summed E-state index contributed by atoms with van der Waals surface area (Å²) in [6.45, 7) is 3.35. The van der Waals surface area contributed by atoms with Crippen LogP contribution in [-0.4, -0.2) is 30.4 Å². The number of anilines is 1. The van der Waals surface area contributed by atoms with Crippen molar-refractivity contribution in [2.24, 2.45) is 0 Å². The van der Waals surface area contributed by atoms with E-state index in [1.807, 2.05) is 30.3 Å². The molecule has 0 heterocycles. The summed E-state index contributed by atoms with van der Waals surface area (Å²) in [6, 6.07) is 22.1. The van der Waals surface area contributed by atoms with Crippen LogP contribution in [0.3, 0.4) is 0 Å². The van der Waals surface area contributed by atoms with Crippen molar-refractivity contribution >= 4 is 33.4 Å². The summed E-state index contributed by atoms with van der Waals surface area (Å²) < 4.78 is 6.56. The lowest BCUT2D eigenvalue weighted by atomic mass is 10.1. The summed E-state index contributed by atoms with van der Waals surface area (Å²) in [5.41, 5.74) is 2.64. The molecular weight excluding hydrogens is 492 g/mol. The summed E-state index contributed by atoms with van der Waals surface area (Å²) in [4.78, 5) is 27.3. The number of amides is 2. The Morgan fingerprint density at radius 2 is 1.71 bits per heavy atom. The maximum atomic E-state index is 12.9. The van der Waals surface area contributed by atoms with E-state index in [4.69, 9.17) is 4.74 Å². The highest BCUT2D eigenvalue weighted by Crippen LogP contribution is 2.27. The largest absolute Gasteiger partial charge is 0.492 e. The smallest absolute Gasteiger partial charge is 0.255 e. The number of halogens is 1. The highest BCUT2D eigenvalue weighted by atomic mass is 79.9. The van der Waals surface area contributed by atoms with Crippen LogP contribution < -0.4 is 10.1 Å². The van der Waals surface area contributed by atoms with Crippen LogP contribution in [0.15, 0.2) is 77.3 Å². The maximum Gasteiger partial charge on any atom is 0.255 e. The molecule has 0 radical (unpaired) electrons. The molecule has 5 nitrogen and oxygen atoms in total. The third-order valence-corrected chi connectivity index (χ3v) is 6.05. The Hall–Kier alpha value is -3.12. The summed E-state index contributed by atoms with van der Waals surface area (Å²) >= 11 is 3.50.